The van der Waals surface area contributed by atoms with E-state index in [9.17, 15) is 0 Å². The molecular formula is C13H21N3OS. The van der Waals surface area contributed by atoms with Crippen molar-refractivity contribution in [2.24, 2.45) is 11.7 Å². The maximum absolute atomic E-state index is 5.61. The molecule has 1 rings (SSSR count). The van der Waals surface area contributed by atoms with Gasteiger partial charge in [-0.2, -0.15) is 4.98 Å². The highest BCUT2D eigenvalue weighted by molar-refractivity contribution is 7.80. The van der Waals surface area contributed by atoms with Crippen molar-refractivity contribution in [1.29, 1.82) is 0 Å². The van der Waals surface area contributed by atoms with Crippen LogP contribution in [-0.2, 0) is 0 Å². The molecule has 1 atom stereocenters. The summed E-state index contributed by atoms with van der Waals surface area (Å²) in [4.78, 5) is 8.48. The van der Waals surface area contributed by atoms with Gasteiger partial charge in [-0.1, -0.05) is 45.3 Å². The Morgan fingerprint density at radius 2 is 2.28 bits per heavy atom. The summed E-state index contributed by atoms with van der Waals surface area (Å²) in [6, 6.07) is 2.04. The fourth-order valence-electron chi connectivity index (χ4n) is 1.64. The van der Waals surface area contributed by atoms with Crippen molar-refractivity contribution < 1.29 is 4.74 Å². The highest BCUT2D eigenvalue weighted by Gasteiger charge is 2.09. The van der Waals surface area contributed by atoms with Crippen LogP contribution in [0.3, 0.4) is 0 Å². The normalized spacial score (nSPS) is 12.1. The molecule has 1 aromatic heterocycles. The van der Waals surface area contributed by atoms with E-state index in [1.165, 1.54) is 19.3 Å². The van der Waals surface area contributed by atoms with Crippen LogP contribution >= 0.6 is 12.2 Å². The molecule has 0 radical (unpaired) electrons. The van der Waals surface area contributed by atoms with Crippen LogP contribution in [0.25, 0.3) is 0 Å². The molecule has 0 fully saturated rings. The van der Waals surface area contributed by atoms with Gasteiger partial charge >= 0.3 is 6.01 Å². The lowest BCUT2D eigenvalue weighted by Gasteiger charge is -2.14. The molecule has 1 unspecified atom stereocenters. The summed E-state index contributed by atoms with van der Waals surface area (Å²) in [5.41, 5.74) is 6.07. The van der Waals surface area contributed by atoms with Crippen molar-refractivity contribution in [1.82, 2.24) is 9.97 Å². The van der Waals surface area contributed by atoms with Crippen molar-refractivity contribution in [2.45, 2.75) is 39.5 Å². The van der Waals surface area contributed by atoms with E-state index in [1.807, 2.05) is 0 Å². The summed E-state index contributed by atoms with van der Waals surface area (Å²) in [5.74, 6) is 0.557. The van der Waals surface area contributed by atoms with Crippen LogP contribution in [0.4, 0.5) is 0 Å². The quantitative estimate of drug-likeness (QED) is 0.734. The predicted molar refractivity (Wildman–Crippen MR) is 76.7 cm³/mol. The van der Waals surface area contributed by atoms with Gasteiger partial charge in [0.2, 0.25) is 0 Å². The fourth-order valence-corrected chi connectivity index (χ4v) is 1.75. The third kappa shape index (κ3) is 4.96. The van der Waals surface area contributed by atoms with E-state index in [0.29, 0.717) is 24.2 Å². The van der Waals surface area contributed by atoms with Gasteiger partial charge < -0.3 is 10.5 Å². The molecule has 0 bridgehead atoms. The molecule has 0 saturated carbocycles. The van der Waals surface area contributed by atoms with Crippen molar-refractivity contribution in [2.75, 3.05) is 6.61 Å². The minimum Gasteiger partial charge on any atom is -0.463 e. The summed E-state index contributed by atoms with van der Waals surface area (Å²) in [7, 11) is 0. The van der Waals surface area contributed by atoms with E-state index < -0.39 is 0 Å². The molecule has 100 valence electrons. The lowest BCUT2D eigenvalue weighted by Crippen LogP contribution is -2.15. The summed E-state index contributed by atoms with van der Waals surface area (Å²) in [6.45, 7) is 5.02. The number of unbranched alkanes of at least 4 members (excludes halogenated alkanes) is 1. The Morgan fingerprint density at radius 1 is 1.50 bits per heavy atom. The zero-order chi connectivity index (χ0) is 13.4. The van der Waals surface area contributed by atoms with Gasteiger partial charge in [0.15, 0.2) is 0 Å². The van der Waals surface area contributed by atoms with Gasteiger partial charge in [0.25, 0.3) is 0 Å². The number of nitrogens with two attached hydrogens (primary N) is 1. The molecule has 0 aliphatic carbocycles. The van der Waals surface area contributed by atoms with E-state index >= 15 is 0 Å². The van der Waals surface area contributed by atoms with Crippen LogP contribution in [0, 0.1) is 5.92 Å². The smallest absolute Gasteiger partial charge is 0.316 e. The molecule has 1 aromatic rings. The predicted octanol–water partition coefficient (Wildman–Crippen LogP) is 2.71. The molecule has 4 nitrogen and oxygen atoms in total. The van der Waals surface area contributed by atoms with Crippen molar-refractivity contribution in [3.05, 3.63) is 18.0 Å². The lowest BCUT2D eigenvalue weighted by atomic mass is 10.0. The number of hydrogen-bond donors (Lipinski definition) is 1. The minimum atomic E-state index is 0.264. The molecule has 18 heavy (non-hydrogen) atoms. The average molecular weight is 267 g/mol. The number of aromatic nitrogens is 2. The lowest BCUT2D eigenvalue weighted by molar-refractivity contribution is 0.217. The van der Waals surface area contributed by atoms with E-state index in [4.69, 9.17) is 22.7 Å². The molecule has 0 spiro atoms. The van der Waals surface area contributed by atoms with Gasteiger partial charge in [-0.3, -0.25) is 0 Å². The van der Waals surface area contributed by atoms with Crippen molar-refractivity contribution >= 4 is 17.2 Å². The summed E-state index contributed by atoms with van der Waals surface area (Å²) >= 11 is 4.87. The van der Waals surface area contributed by atoms with Crippen LogP contribution in [0.15, 0.2) is 12.3 Å². The third-order valence-electron chi connectivity index (χ3n) is 2.88. The molecule has 2 N–H and O–H groups in total. The van der Waals surface area contributed by atoms with E-state index in [-0.39, 0.29) is 4.99 Å². The van der Waals surface area contributed by atoms with Crippen LogP contribution in [0.1, 0.15) is 45.2 Å². The van der Waals surface area contributed by atoms with Crippen LogP contribution < -0.4 is 10.5 Å². The molecule has 1 heterocycles. The molecule has 0 aromatic carbocycles. The number of rotatable bonds is 8. The third-order valence-corrected chi connectivity index (χ3v) is 3.09. The summed E-state index contributed by atoms with van der Waals surface area (Å²) < 4.78 is 5.61. The highest BCUT2D eigenvalue weighted by atomic mass is 32.1. The van der Waals surface area contributed by atoms with Crippen LogP contribution in [0.5, 0.6) is 6.01 Å². The fraction of sp³-hybridized carbons (Fsp3) is 0.615. The topological polar surface area (TPSA) is 61.0 Å². The van der Waals surface area contributed by atoms with Gasteiger partial charge in [0.05, 0.1) is 6.61 Å². The Labute approximate surface area is 114 Å². The zero-order valence-electron chi connectivity index (χ0n) is 11.1. The van der Waals surface area contributed by atoms with Gasteiger partial charge in [-0.15, -0.1) is 0 Å². The van der Waals surface area contributed by atoms with Gasteiger partial charge in [0, 0.05) is 6.20 Å². The standard InChI is InChI=1S/C13H21N3OS/c1-3-5-6-10(4-2)9-17-13-15-8-7-11(16-13)12(14)18/h7-8,10H,3-6,9H2,1-2H3,(H2,14,18). The molecular weight excluding hydrogens is 246 g/mol. The average Bonchev–Trinajstić information content (AvgIpc) is 2.39. The Morgan fingerprint density at radius 3 is 2.89 bits per heavy atom. The van der Waals surface area contributed by atoms with Gasteiger partial charge in [-0.05, 0) is 18.4 Å². The molecule has 0 amide bonds. The molecule has 0 aliphatic rings. The van der Waals surface area contributed by atoms with Crippen LogP contribution in [-0.4, -0.2) is 21.6 Å². The summed E-state index contributed by atoms with van der Waals surface area (Å²) in [5, 5.41) is 0. The summed E-state index contributed by atoms with van der Waals surface area (Å²) in [6.07, 6.45) is 6.35. The molecule has 5 heteroatoms. The minimum absolute atomic E-state index is 0.264. The number of hydrogen-bond acceptors (Lipinski definition) is 4. The Bertz CT molecular complexity index is 384. The molecule has 0 aliphatic heterocycles. The molecule has 0 saturated heterocycles. The second-order valence-electron chi connectivity index (χ2n) is 4.32. The van der Waals surface area contributed by atoms with Crippen LogP contribution in [0.2, 0.25) is 0 Å². The Balaban J connectivity index is 2.51. The van der Waals surface area contributed by atoms with E-state index in [2.05, 4.69) is 23.8 Å². The first-order chi connectivity index (χ1) is 8.67. The Hall–Kier alpha value is -1.23. The SMILES string of the molecule is CCCCC(CC)COc1nccc(C(N)=S)n1. The second kappa shape index (κ2) is 7.97. The van der Waals surface area contributed by atoms with Crippen molar-refractivity contribution in [3.63, 3.8) is 0 Å². The number of nitrogens with zero attached hydrogens (tertiary/aromatic N) is 2. The van der Waals surface area contributed by atoms with Crippen molar-refractivity contribution in [3.8, 4) is 6.01 Å². The first kappa shape index (κ1) is 14.8. The number of thiocarbonyl (C=S) groups is 1. The number of ether oxygens (including phenoxy) is 1. The van der Waals surface area contributed by atoms with Gasteiger partial charge in [0.1, 0.15) is 10.7 Å². The van der Waals surface area contributed by atoms with Gasteiger partial charge in [-0.25, -0.2) is 4.98 Å². The first-order valence-corrected chi connectivity index (χ1v) is 6.83. The zero-order valence-corrected chi connectivity index (χ0v) is 11.9. The van der Waals surface area contributed by atoms with E-state index in [0.717, 1.165) is 6.42 Å². The van der Waals surface area contributed by atoms with E-state index in [1.54, 1.807) is 12.3 Å². The first-order valence-electron chi connectivity index (χ1n) is 6.43. The Kier molecular flexibility index (Phi) is 6.57. The maximum Gasteiger partial charge on any atom is 0.316 e. The largest absolute Gasteiger partial charge is 0.463 e. The highest BCUT2D eigenvalue weighted by Crippen LogP contribution is 2.14. The second-order valence-corrected chi connectivity index (χ2v) is 4.76. The maximum atomic E-state index is 5.61. The monoisotopic (exact) mass is 267 g/mol.